The minimum Gasteiger partial charge on any atom is -0.490 e. The van der Waals surface area contributed by atoms with Crippen LogP contribution in [0.3, 0.4) is 0 Å². The lowest BCUT2D eigenvalue weighted by Crippen LogP contribution is -2.47. The second-order valence-electron chi connectivity index (χ2n) is 11.0. The van der Waals surface area contributed by atoms with Crippen molar-refractivity contribution >= 4 is 39.3 Å². The smallest absolute Gasteiger partial charge is 0.333 e. The van der Waals surface area contributed by atoms with Crippen LogP contribution in [0.5, 0.6) is 5.75 Å². The number of nitrogens with zero attached hydrogens (tertiary/aromatic N) is 3. The van der Waals surface area contributed by atoms with Gasteiger partial charge in [0, 0.05) is 28.2 Å². The molecule has 1 aliphatic heterocycles. The summed E-state index contributed by atoms with van der Waals surface area (Å²) < 4.78 is 24.0. The number of amides is 2. The highest BCUT2D eigenvalue weighted by Crippen LogP contribution is 2.30. The minimum absolute atomic E-state index is 0.00955. The lowest BCUT2D eigenvalue weighted by Gasteiger charge is -2.34. The Morgan fingerprint density at radius 2 is 1.81 bits per heavy atom. The van der Waals surface area contributed by atoms with Crippen LogP contribution < -0.4 is 15.7 Å². The molecule has 11 heteroatoms. The minimum atomic E-state index is -0.688. The van der Waals surface area contributed by atoms with Crippen molar-refractivity contribution < 1.29 is 18.7 Å². The molecule has 0 bridgehead atoms. The fraction of sp³-hybridized carbons (Fsp3) is 0.281. The second kappa shape index (κ2) is 11.7. The number of benzene rings is 3. The number of carbonyl (C=O) groups excluding carboxylic acids is 2. The Kier molecular flexibility index (Phi) is 7.91. The van der Waals surface area contributed by atoms with E-state index in [1.54, 1.807) is 77.1 Å². The maximum absolute atomic E-state index is 14.6. The summed E-state index contributed by atoms with van der Waals surface area (Å²) in [5, 5.41) is 3.27. The summed E-state index contributed by atoms with van der Waals surface area (Å²) in [6, 6.07) is 17.2. The highest BCUT2D eigenvalue weighted by atomic mass is 79.9. The SMILES string of the molecule is C[C@@H](NC(=O)c1c2n(c(=O)n1-c1ccc(OC3CC3)cc1)C[C@H](C)N(C(=O)c1ccc(Br)c(Cl)c1)C2)c1ccccc1F. The van der Waals surface area contributed by atoms with Crippen LogP contribution in [0.1, 0.15) is 64.8 Å². The van der Waals surface area contributed by atoms with E-state index in [4.69, 9.17) is 16.3 Å². The van der Waals surface area contributed by atoms with Crippen molar-refractivity contribution in [2.45, 2.75) is 58.0 Å². The van der Waals surface area contributed by atoms with Gasteiger partial charge in [0.2, 0.25) is 0 Å². The molecule has 0 unspecified atom stereocenters. The van der Waals surface area contributed by atoms with E-state index in [0.29, 0.717) is 37.8 Å². The van der Waals surface area contributed by atoms with Crippen LogP contribution in [-0.4, -0.2) is 38.0 Å². The molecular formula is C32H29BrClFN4O4. The van der Waals surface area contributed by atoms with Gasteiger partial charge < -0.3 is 15.0 Å². The molecule has 43 heavy (non-hydrogen) atoms. The van der Waals surface area contributed by atoms with Crippen molar-refractivity contribution in [3.8, 4) is 11.4 Å². The van der Waals surface area contributed by atoms with Crippen molar-refractivity contribution in [2.75, 3.05) is 0 Å². The number of hydrogen-bond donors (Lipinski definition) is 1. The second-order valence-corrected chi connectivity index (χ2v) is 12.2. The molecular weight excluding hydrogens is 639 g/mol. The van der Waals surface area contributed by atoms with Crippen molar-refractivity contribution in [3.63, 3.8) is 0 Å². The quantitative estimate of drug-likeness (QED) is 0.252. The summed E-state index contributed by atoms with van der Waals surface area (Å²) in [6.07, 6.45) is 2.23. The summed E-state index contributed by atoms with van der Waals surface area (Å²) in [7, 11) is 0. The molecule has 2 heterocycles. The molecule has 0 radical (unpaired) electrons. The summed E-state index contributed by atoms with van der Waals surface area (Å²) in [4.78, 5) is 43.2. The maximum Gasteiger partial charge on any atom is 0.333 e. The van der Waals surface area contributed by atoms with E-state index < -0.39 is 23.5 Å². The Balaban J connectivity index is 1.41. The predicted molar refractivity (Wildman–Crippen MR) is 164 cm³/mol. The van der Waals surface area contributed by atoms with E-state index in [9.17, 15) is 18.8 Å². The molecule has 222 valence electrons. The first-order valence-corrected chi connectivity index (χ1v) is 15.2. The van der Waals surface area contributed by atoms with Gasteiger partial charge in [-0.1, -0.05) is 29.8 Å². The molecule has 0 saturated heterocycles. The van der Waals surface area contributed by atoms with Gasteiger partial charge in [-0.2, -0.15) is 0 Å². The maximum atomic E-state index is 14.6. The number of rotatable bonds is 7. The molecule has 2 amide bonds. The zero-order chi connectivity index (χ0) is 30.4. The number of ether oxygens (including phenoxy) is 1. The summed E-state index contributed by atoms with van der Waals surface area (Å²) >= 11 is 9.62. The molecule has 1 fully saturated rings. The average molecular weight is 668 g/mol. The van der Waals surface area contributed by atoms with Gasteiger partial charge in [0.1, 0.15) is 17.3 Å². The predicted octanol–water partition coefficient (Wildman–Crippen LogP) is 6.27. The number of fused-ring (bicyclic) bond motifs is 1. The van der Waals surface area contributed by atoms with E-state index in [2.05, 4.69) is 21.2 Å². The van der Waals surface area contributed by atoms with E-state index in [1.165, 1.54) is 10.6 Å². The summed E-state index contributed by atoms with van der Waals surface area (Å²) in [5.74, 6) is -0.604. The number of nitrogens with one attached hydrogen (secondary N) is 1. The average Bonchev–Trinajstić information content (AvgIpc) is 3.76. The van der Waals surface area contributed by atoms with E-state index >= 15 is 0 Å². The standard InChI is InChI=1S/C32H29BrClFN4O4/c1-18-16-38-28(17-37(18)31(41)20-7-14-25(33)26(34)15-20)29(30(40)36-19(2)24-5-3-4-6-27(24)35)39(32(38)42)21-8-10-22(11-9-21)43-23-12-13-23/h3-11,14-15,18-19,23H,12-13,16-17H2,1-2H3,(H,36,40)/t18-,19+/m0/s1. The normalized spacial score (nSPS) is 16.9. The number of hydrogen-bond acceptors (Lipinski definition) is 4. The van der Waals surface area contributed by atoms with Gasteiger partial charge in [0.05, 0.1) is 35.1 Å². The molecule has 8 nitrogen and oxygen atoms in total. The van der Waals surface area contributed by atoms with Crippen molar-refractivity contribution in [1.29, 1.82) is 0 Å². The van der Waals surface area contributed by atoms with Crippen molar-refractivity contribution in [2.24, 2.45) is 0 Å². The number of carbonyl (C=O) groups is 2. The number of halogens is 3. The van der Waals surface area contributed by atoms with Gasteiger partial charge in [-0.25, -0.2) is 9.18 Å². The molecule has 2 atom stereocenters. The first-order valence-electron chi connectivity index (χ1n) is 14.0. The Hall–Kier alpha value is -3.89. The van der Waals surface area contributed by atoms with Gasteiger partial charge in [-0.05, 0) is 91.1 Å². The van der Waals surface area contributed by atoms with Crippen molar-refractivity contribution in [1.82, 2.24) is 19.4 Å². The first kappa shape index (κ1) is 29.2. The van der Waals surface area contributed by atoms with E-state index in [1.807, 2.05) is 6.92 Å². The van der Waals surface area contributed by atoms with Crippen LogP contribution in [0.25, 0.3) is 5.69 Å². The largest absolute Gasteiger partial charge is 0.490 e. The highest BCUT2D eigenvalue weighted by Gasteiger charge is 2.36. The molecule has 3 aromatic carbocycles. The number of aromatic nitrogens is 2. The monoisotopic (exact) mass is 666 g/mol. The van der Waals surface area contributed by atoms with Gasteiger partial charge in [-0.3, -0.25) is 18.7 Å². The molecule has 4 aromatic rings. The van der Waals surface area contributed by atoms with Crippen molar-refractivity contribution in [3.05, 3.63) is 115 Å². The lowest BCUT2D eigenvalue weighted by molar-refractivity contribution is 0.0610. The van der Waals surface area contributed by atoms with Gasteiger partial charge in [-0.15, -0.1) is 0 Å². The number of imidazole rings is 1. The van der Waals surface area contributed by atoms with E-state index in [0.717, 1.165) is 12.8 Å². The Morgan fingerprint density at radius 3 is 2.49 bits per heavy atom. The zero-order valence-electron chi connectivity index (χ0n) is 23.5. The molecule has 0 spiro atoms. The van der Waals surface area contributed by atoms with Crippen LogP contribution in [0.2, 0.25) is 5.02 Å². The fourth-order valence-corrected chi connectivity index (χ4v) is 5.80. The lowest BCUT2D eigenvalue weighted by atomic mass is 10.1. The Bertz CT molecular complexity index is 1780. The van der Waals surface area contributed by atoms with Crippen LogP contribution >= 0.6 is 27.5 Å². The Labute approximate surface area is 261 Å². The molecule has 1 N–H and O–H groups in total. The van der Waals surface area contributed by atoms with Crippen LogP contribution in [0.15, 0.2) is 76.0 Å². The van der Waals surface area contributed by atoms with Gasteiger partial charge in [0.15, 0.2) is 0 Å². The topological polar surface area (TPSA) is 85.6 Å². The van der Waals surface area contributed by atoms with Crippen LogP contribution in [0, 0.1) is 5.82 Å². The molecule has 1 aromatic heterocycles. The van der Waals surface area contributed by atoms with Gasteiger partial charge in [0.25, 0.3) is 11.8 Å². The molecule has 1 saturated carbocycles. The summed E-state index contributed by atoms with van der Waals surface area (Å²) in [5.41, 5.74) is 1.25. The summed E-state index contributed by atoms with van der Waals surface area (Å²) in [6.45, 7) is 3.73. The zero-order valence-corrected chi connectivity index (χ0v) is 25.9. The molecule has 1 aliphatic carbocycles. The highest BCUT2D eigenvalue weighted by molar-refractivity contribution is 9.10. The molecule has 6 rings (SSSR count). The first-order chi connectivity index (χ1) is 20.6. The van der Waals surface area contributed by atoms with Crippen LogP contribution in [-0.2, 0) is 13.1 Å². The fourth-order valence-electron chi connectivity index (χ4n) is 5.38. The third-order valence-electron chi connectivity index (χ3n) is 7.83. The molecule has 2 aliphatic rings. The van der Waals surface area contributed by atoms with E-state index in [-0.39, 0.29) is 36.8 Å². The third-order valence-corrected chi connectivity index (χ3v) is 9.06. The van der Waals surface area contributed by atoms with Crippen LogP contribution in [0.4, 0.5) is 4.39 Å². The third kappa shape index (κ3) is 5.73. The Morgan fingerprint density at radius 1 is 1.09 bits per heavy atom. The van der Waals surface area contributed by atoms with Gasteiger partial charge >= 0.3 is 5.69 Å².